The Bertz CT molecular complexity index is 1760. The van der Waals surface area contributed by atoms with Gasteiger partial charge in [0.15, 0.2) is 24.8 Å². The molecule has 11 heteroatoms. The number of nitrogens with zero attached hydrogens (tertiary/aromatic N) is 4. The maximum Gasteiger partial charge on any atom is 0.219 e. The van der Waals surface area contributed by atoms with Crippen molar-refractivity contribution >= 4 is 47.5 Å². The number of benzene rings is 2. The van der Waals surface area contributed by atoms with E-state index < -0.39 is 0 Å². The van der Waals surface area contributed by atoms with Gasteiger partial charge in [0.1, 0.15) is 13.1 Å². The van der Waals surface area contributed by atoms with Crippen LogP contribution in [0, 0.1) is 0 Å². The minimum atomic E-state index is 0.104. The highest BCUT2D eigenvalue weighted by molar-refractivity contribution is 5.76. The summed E-state index contributed by atoms with van der Waals surface area (Å²) in [5.41, 5.74) is 7.09. The van der Waals surface area contributed by atoms with Crippen molar-refractivity contribution in [3.05, 3.63) is 120 Å². The quantitative estimate of drug-likeness (QED) is 0.0385. The fraction of sp³-hybridized carbons (Fsp3) is 0.462. The Morgan fingerprint density at radius 1 is 0.444 bits per heavy atom. The number of carbonyl (C=O) groups excluding carboxylic acids is 2. The van der Waals surface area contributed by atoms with Crippen molar-refractivity contribution in [3.63, 3.8) is 0 Å². The summed E-state index contributed by atoms with van der Waals surface area (Å²) < 4.78 is 21.2. The number of anilines is 2. The lowest BCUT2D eigenvalue weighted by Gasteiger charge is -2.11. The van der Waals surface area contributed by atoms with Crippen LogP contribution in [0.3, 0.4) is 0 Å². The van der Waals surface area contributed by atoms with Crippen LogP contribution in [-0.2, 0) is 36.9 Å². The van der Waals surface area contributed by atoms with Crippen LogP contribution in [-0.4, -0.2) is 92.7 Å². The lowest BCUT2D eigenvalue weighted by Crippen LogP contribution is -2.32. The number of aryl methyl sites for hydroxylation is 2. The Kier molecular flexibility index (Phi) is 24.5. The van der Waals surface area contributed by atoms with E-state index in [9.17, 15) is 9.59 Å². The van der Waals surface area contributed by atoms with Gasteiger partial charge in [-0.2, -0.15) is 0 Å². The second-order valence-corrected chi connectivity index (χ2v) is 16.2. The molecule has 0 unspecified atom stereocenters. The molecule has 4 aromatic rings. The SMILES string of the molecule is CN(C)c1ccc(C=Cc2cc[n+](CCCCCC(=O)NCCCOCCOCCOCCCNC(=O)CCCCC[n+]3ccc(C=Cc4ccc(N(C)C)cc4)cc3)cc2)cc1. The van der Waals surface area contributed by atoms with E-state index in [1.54, 1.807) is 0 Å². The van der Waals surface area contributed by atoms with Gasteiger partial charge >= 0.3 is 0 Å². The Labute approximate surface area is 377 Å². The highest BCUT2D eigenvalue weighted by Crippen LogP contribution is 2.16. The molecule has 0 aliphatic heterocycles. The fourth-order valence-electron chi connectivity index (χ4n) is 6.65. The molecule has 0 bridgehead atoms. The number of carbonyl (C=O) groups is 2. The van der Waals surface area contributed by atoms with Gasteiger partial charge in [0.25, 0.3) is 0 Å². The summed E-state index contributed by atoms with van der Waals surface area (Å²) in [6, 6.07) is 25.6. The number of amides is 2. The first-order valence-electron chi connectivity index (χ1n) is 22.9. The molecular formula is C52H74N6O5+2. The molecule has 340 valence electrons. The van der Waals surface area contributed by atoms with Crippen molar-refractivity contribution in [1.29, 1.82) is 0 Å². The van der Waals surface area contributed by atoms with E-state index in [0.717, 1.165) is 64.5 Å². The Morgan fingerprint density at radius 2 is 0.778 bits per heavy atom. The molecule has 4 rings (SSSR count). The van der Waals surface area contributed by atoms with E-state index in [2.05, 4.69) is 151 Å². The average Bonchev–Trinajstić information content (AvgIpc) is 3.29. The van der Waals surface area contributed by atoms with Gasteiger partial charge < -0.3 is 34.6 Å². The van der Waals surface area contributed by atoms with Crippen molar-refractivity contribution in [1.82, 2.24) is 10.6 Å². The number of hydrogen-bond acceptors (Lipinski definition) is 7. The van der Waals surface area contributed by atoms with E-state index >= 15 is 0 Å². The molecule has 2 heterocycles. The van der Waals surface area contributed by atoms with Gasteiger partial charge in [-0.3, -0.25) is 9.59 Å². The van der Waals surface area contributed by atoms with E-state index in [1.165, 1.54) is 33.6 Å². The molecule has 0 aliphatic rings. The zero-order chi connectivity index (χ0) is 44.7. The molecule has 0 saturated heterocycles. The topological polar surface area (TPSA) is 100 Å². The second kappa shape index (κ2) is 30.6. The van der Waals surface area contributed by atoms with Crippen LogP contribution in [0.15, 0.2) is 97.6 Å². The van der Waals surface area contributed by atoms with Gasteiger partial charge in [-0.05, 0) is 85.0 Å². The average molecular weight is 863 g/mol. The van der Waals surface area contributed by atoms with Crippen LogP contribution in [0.25, 0.3) is 24.3 Å². The monoisotopic (exact) mass is 863 g/mol. The van der Waals surface area contributed by atoms with Gasteiger partial charge in [-0.15, -0.1) is 0 Å². The lowest BCUT2D eigenvalue weighted by molar-refractivity contribution is -0.697. The molecule has 0 fully saturated rings. The zero-order valence-corrected chi connectivity index (χ0v) is 38.5. The summed E-state index contributed by atoms with van der Waals surface area (Å²) in [4.78, 5) is 28.6. The molecule has 0 atom stereocenters. The molecule has 0 aliphatic carbocycles. The lowest BCUT2D eigenvalue weighted by atomic mass is 10.1. The Balaban J connectivity index is 0.853. The van der Waals surface area contributed by atoms with Crippen LogP contribution in [0.5, 0.6) is 0 Å². The number of hydrogen-bond donors (Lipinski definition) is 2. The van der Waals surface area contributed by atoms with Crippen molar-refractivity contribution in [3.8, 4) is 0 Å². The maximum atomic E-state index is 12.2. The van der Waals surface area contributed by atoms with Crippen molar-refractivity contribution in [2.45, 2.75) is 77.3 Å². The van der Waals surface area contributed by atoms with E-state index in [0.29, 0.717) is 65.6 Å². The fourth-order valence-corrected chi connectivity index (χ4v) is 6.65. The largest absolute Gasteiger partial charge is 0.379 e. The Morgan fingerprint density at radius 3 is 1.13 bits per heavy atom. The molecule has 0 spiro atoms. The van der Waals surface area contributed by atoms with Crippen LogP contribution in [0.2, 0.25) is 0 Å². The third kappa shape index (κ3) is 22.5. The summed E-state index contributed by atoms with van der Waals surface area (Å²) in [7, 11) is 8.19. The van der Waals surface area contributed by atoms with Crippen molar-refractivity contribution < 1.29 is 32.9 Å². The van der Waals surface area contributed by atoms with Gasteiger partial charge in [-0.25, -0.2) is 9.13 Å². The molecule has 2 amide bonds. The second-order valence-electron chi connectivity index (χ2n) is 16.2. The van der Waals surface area contributed by atoms with Crippen LogP contribution in [0.4, 0.5) is 11.4 Å². The van der Waals surface area contributed by atoms with Gasteiger partial charge in [0, 0.05) is 116 Å². The number of unbranched alkanes of at least 4 members (excludes halogenated alkanes) is 4. The third-order valence-electron chi connectivity index (χ3n) is 10.5. The molecule has 2 aromatic carbocycles. The minimum Gasteiger partial charge on any atom is -0.379 e. The zero-order valence-electron chi connectivity index (χ0n) is 38.5. The standard InChI is InChI=1S/C52H72N6O5/c1-55(2)49-23-19-45(20-24-49)15-17-47-27-35-57(36-28-47)33-9-5-7-13-51(59)53-31-11-39-61-41-43-63-44-42-62-40-12-32-54-52(60)14-8-6-10-34-58-37-29-48(30-38-58)18-16-46-21-25-50(26-22-46)56(3)4/h15-30,35-38H,5-14,31-34,39-44H2,1-4H3/p+2. The molecule has 2 aromatic heterocycles. The minimum absolute atomic E-state index is 0.104. The smallest absolute Gasteiger partial charge is 0.219 e. The predicted molar refractivity (Wildman–Crippen MR) is 257 cm³/mol. The highest BCUT2D eigenvalue weighted by Gasteiger charge is 2.06. The summed E-state index contributed by atoms with van der Waals surface area (Å²) in [6.07, 6.45) is 25.6. The van der Waals surface area contributed by atoms with Crippen molar-refractivity contribution in [2.24, 2.45) is 0 Å². The first-order valence-corrected chi connectivity index (χ1v) is 22.9. The van der Waals surface area contributed by atoms with Gasteiger partial charge in [0.2, 0.25) is 11.8 Å². The highest BCUT2D eigenvalue weighted by atomic mass is 16.5. The first-order chi connectivity index (χ1) is 30.7. The summed E-state index contributed by atoms with van der Waals surface area (Å²) >= 11 is 0. The maximum absolute atomic E-state index is 12.2. The summed E-state index contributed by atoms with van der Waals surface area (Å²) in [5, 5.41) is 5.99. The number of ether oxygens (including phenoxy) is 3. The van der Waals surface area contributed by atoms with Crippen LogP contribution >= 0.6 is 0 Å². The molecule has 0 radical (unpaired) electrons. The number of pyridine rings is 2. The predicted octanol–water partition coefficient (Wildman–Crippen LogP) is 7.62. The molecule has 0 saturated carbocycles. The number of aromatic nitrogens is 2. The normalized spacial score (nSPS) is 11.4. The van der Waals surface area contributed by atoms with Crippen molar-refractivity contribution in [2.75, 3.05) is 90.7 Å². The third-order valence-corrected chi connectivity index (χ3v) is 10.5. The van der Waals surface area contributed by atoms with Gasteiger partial charge in [-0.1, -0.05) is 48.6 Å². The number of rotatable bonds is 32. The number of nitrogens with one attached hydrogen (secondary N) is 2. The van der Waals surface area contributed by atoms with E-state index in [-0.39, 0.29) is 11.8 Å². The molecule has 2 N–H and O–H groups in total. The Hall–Kier alpha value is -5.36. The summed E-state index contributed by atoms with van der Waals surface area (Å²) in [6.45, 7) is 6.34. The molecular weight excluding hydrogens is 789 g/mol. The first kappa shape index (κ1) is 50.3. The van der Waals surface area contributed by atoms with Crippen LogP contribution < -0.4 is 29.6 Å². The van der Waals surface area contributed by atoms with E-state index in [4.69, 9.17) is 14.2 Å². The molecule has 63 heavy (non-hydrogen) atoms. The van der Waals surface area contributed by atoms with E-state index in [1.807, 2.05) is 28.2 Å². The molecule has 11 nitrogen and oxygen atoms in total. The van der Waals surface area contributed by atoms with Gasteiger partial charge in [0.05, 0.1) is 26.4 Å². The van der Waals surface area contributed by atoms with Crippen LogP contribution in [0.1, 0.15) is 86.5 Å². The summed E-state index contributed by atoms with van der Waals surface area (Å²) in [5.74, 6) is 0.208.